The molecule has 1 unspecified atom stereocenters. The lowest BCUT2D eigenvalue weighted by Gasteiger charge is -2.21. The van der Waals surface area contributed by atoms with Crippen molar-refractivity contribution < 1.29 is 4.79 Å². The zero-order valence-electron chi connectivity index (χ0n) is 9.95. The van der Waals surface area contributed by atoms with Crippen LogP contribution in [0.1, 0.15) is 25.3 Å². The maximum atomic E-state index is 12.2. The highest BCUT2D eigenvalue weighted by molar-refractivity contribution is 9.10. The lowest BCUT2D eigenvalue weighted by Crippen LogP contribution is -2.43. The van der Waals surface area contributed by atoms with Crippen LogP contribution in [0.2, 0.25) is 0 Å². The first-order valence-electron chi connectivity index (χ1n) is 5.99. The second-order valence-corrected chi connectivity index (χ2v) is 5.32. The van der Waals surface area contributed by atoms with Crippen molar-refractivity contribution in [2.75, 3.05) is 11.4 Å². The highest BCUT2D eigenvalue weighted by Crippen LogP contribution is 2.30. The summed E-state index contributed by atoms with van der Waals surface area (Å²) in [6.45, 7) is 2.80. The number of fused-ring (bicyclic) bond motifs is 1. The van der Waals surface area contributed by atoms with E-state index in [-0.39, 0.29) is 11.9 Å². The number of carbonyl (C=O) groups is 1. The van der Waals surface area contributed by atoms with Gasteiger partial charge in [0, 0.05) is 16.7 Å². The summed E-state index contributed by atoms with van der Waals surface area (Å²) in [5.74, 6) is 0.0490. The molecule has 0 fully saturated rings. The molecule has 0 radical (unpaired) electrons. The van der Waals surface area contributed by atoms with Crippen LogP contribution in [-0.2, 0) is 11.2 Å². The third-order valence-electron chi connectivity index (χ3n) is 3.12. The lowest BCUT2D eigenvalue weighted by molar-refractivity contribution is -0.119. The molecule has 1 aliphatic rings. The van der Waals surface area contributed by atoms with Gasteiger partial charge in [0.25, 0.3) is 0 Å². The Labute approximate surface area is 110 Å². The van der Waals surface area contributed by atoms with E-state index in [0.717, 1.165) is 36.0 Å². The van der Waals surface area contributed by atoms with Crippen molar-refractivity contribution in [1.82, 2.24) is 0 Å². The Balaban J connectivity index is 2.19. The fraction of sp³-hybridized carbons (Fsp3) is 0.462. The summed E-state index contributed by atoms with van der Waals surface area (Å²) in [6, 6.07) is 5.67. The van der Waals surface area contributed by atoms with Gasteiger partial charge >= 0.3 is 0 Å². The third-order valence-corrected chi connectivity index (χ3v) is 3.61. The lowest BCUT2D eigenvalue weighted by atomic mass is 10.1. The molecule has 0 spiro atoms. The molecule has 0 bridgehead atoms. The summed E-state index contributed by atoms with van der Waals surface area (Å²) in [6.07, 6.45) is 2.61. The second-order valence-electron chi connectivity index (χ2n) is 4.41. The topological polar surface area (TPSA) is 46.3 Å². The maximum absolute atomic E-state index is 12.2. The molecule has 1 amide bonds. The minimum atomic E-state index is -0.366. The van der Waals surface area contributed by atoms with E-state index >= 15 is 0 Å². The van der Waals surface area contributed by atoms with Crippen molar-refractivity contribution in [3.63, 3.8) is 0 Å². The van der Waals surface area contributed by atoms with Gasteiger partial charge in [-0.2, -0.15) is 0 Å². The Hall–Kier alpha value is -0.870. The Morgan fingerprint density at radius 3 is 3.06 bits per heavy atom. The van der Waals surface area contributed by atoms with Crippen LogP contribution < -0.4 is 10.6 Å². The van der Waals surface area contributed by atoms with Crippen LogP contribution in [0.5, 0.6) is 0 Å². The number of nitrogens with zero attached hydrogens (tertiary/aromatic N) is 1. The van der Waals surface area contributed by atoms with Crippen molar-refractivity contribution in [3.8, 4) is 0 Å². The summed E-state index contributed by atoms with van der Waals surface area (Å²) < 4.78 is 1.06. The van der Waals surface area contributed by atoms with Gasteiger partial charge in [0.05, 0.1) is 6.04 Å². The Kier molecular flexibility index (Phi) is 3.84. The van der Waals surface area contributed by atoms with E-state index in [1.54, 1.807) is 0 Å². The van der Waals surface area contributed by atoms with Crippen molar-refractivity contribution in [3.05, 3.63) is 28.2 Å². The number of halogens is 1. The van der Waals surface area contributed by atoms with E-state index in [9.17, 15) is 4.79 Å². The average Bonchev–Trinajstić information content (AvgIpc) is 2.71. The van der Waals surface area contributed by atoms with E-state index in [4.69, 9.17) is 5.73 Å². The van der Waals surface area contributed by atoms with Crippen LogP contribution in [0.25, 0.3) is 0 Å². The first-order valence-corrected chi connectivity index (χ1v) is 6.78. The number of amides is 1. The molecule has 17 heavy (non-hydrogen) atoms. The monoisotopic (exact) mass is 296 g/mol. The second kappa shape index (κ2) is 5.19. The molecule has 1 aliphatic heterocycles. The van der Waals surface area contributed by atoms with Crippen molar-refractivity contribution in [1.29, 1.82) is 0 Å². The van der Waals surface area contributed by atoms with Gasteiger partial charge in [-0.1, -0.05) is 29.3 Å². The molecule has 3 nitrogen and oxygen atoms in total. The molecule has 2 N–H and O–H groups in total. The Morgan fingerprint density at radius 1 is 1.59 bits per heavy atom. The average molecular weight is 297 g/mol. The van der Waals surface area contributed by atoms with Gasteiger partial charge in [-0.15, -0.1) is 0 Å². The summed E-state index contributed by atoms with van der Waals surface area (Å²) in [5.41, 5.74) is 8.13. The largest absolute Gasteiger partial charge is 0.320 e. The number of nitrogens with two attached hydrogens (primary N) is 1. The number of anilines is 1. The summed E-state index contributed by atoms with van der Waals surface area (Å²) in [5, 5.41) is 0. The van der Waals surface area contributed by atoms with Crippen LogP contribution in [0.4, 0.5) is 5.69 Å². The highest BCUT2D eigenvalue weighted by Gasteiger charge is 2.27. The molecule has 1 heterocycles. The molecular formula is C13H17BrN2O. The van der Waals surface area contributed by atoms with Crippen LogP contribution >= 0.6 is 15.9 Å². The van der Waals surface area contributed by atoms with Crippen molar-refractivity contribution in [2.45, 2.75) is 32.2 Å². The number of hydrogen-bond acceptors (Lipinski definition) is 2. The predicted octanol–water partition coefficient (Wildman–Crippen LogP) is 2.47. The third kappa shape index (κ3) is 2.53. The smallest absolute Gasteiger partial charge is 0.243 e. The van der Waals surface area contributed by atoms with E-state index in [2.05, 4.69) is 22.0 Å². The predicted molar refractivity (Wildman–Crippen MR) is 73.1 cm³/mol. The summed E-state index contributed by atoms with van der Waals surface area (Å²) in [4.78, 5) is 14.0. The zero-order valence-corrected chi connectivity index (χ0v) is 11.5. The van der Waals surface area contributed by atoms with Crippen LogP contribution in [0.15, 0.2) is 22.7 Å². The van der Waals surface area contributed by atoms with Crippen LogP contribution in [0.3, 0.4) is 0 Å². The Morgan fingerprint density at radius 2 is 2.35 bits per heavy atom. The highest BCUT2D eigenvalue weighted by atomic mass is 79.9. The van der Waals surface area contributed by atoms with Crippen molar-refractivity contribution >= 4 is 27.5 Å². The molecule has 0 aromatic heterocycles. The molecule has 0 saturated carbocycles. The van der Waals surface area contributed by atoms with Gasteiger partial charge in [-0.05, 0) is 36.6 Å². The normalized spacial score (nSPS) is 15.8. The molecule has 0 aliphatic carbocycles. The fourth-order valence-corrected chi connectivity index (χ4v) is 2.64. The van der Waals surface area contributed by atoms with Gasteiger partial charge in [-0.3, -0.25) is 4.79 Å². The van der Waals surface area contributed by atoms with E-state index in [1.165, 1.54) is 5.56 Å². The molecule has 0 saturated heterocycles. The SMILES string of the molecule is CCCC(N)C(=O)N1CCc2cc(Br)ccc21. The van der Waals surface area contributed by atoms with Crippen LogP contribution in [-0.4, -0.2) is 18.5 Å². The van der Waals surface area contributed by atoms with E-state index in [1.807, 2.05) is 24.0 Å². The number of rotatable bonds is 3. The van der Waals surface area contributed by atoms with Crippen molar-refractivity contribution in [2.24, 2.45) is 5.73 Å². The quantitative estimate of drug-likeness (QED) is 0.931. The van der Waals surface area contributed by atoms with Gasteiger partial charge in [0.2, 0.25) is 5.91 Å². The van der Waals surface area contributed by atoms with Gasteiger partial charge in [0.1, 0.15) is 0 Å². The minimum absolute atomic E-state index is 0.0490. The number of benzene rings is 1. The zero-order chi connectivity index (χ0) is 12.4. The maximum Gasteiger partial charge on any atom is 0.243 e. The van der Waals surface area contributed by atoms with Gasteiger partial charge < -0.3 is 10.6 Å². The van der Waals surface area contributed by atoms with Gasteiger partial charge in [-0.25, -0.2) is 0 Å². The fourth-order valence-electron chi connectivity index (χ4n) is 2.23. The first kappa shape index (κ1) is 12.6. The summed E-state index contributed by atoms with van der Waals surface area (Å²) >= 11 is 3.45. The molecule has 92 valence electrons. The Bertz CT molecular complexity index is 433. The summed E-state index contributed by atoms with van der Waals surface area (Å²) in [7, 11) is 0. The number of carbonyl (C=O) groups excluding carboxylic acids is 1. The molecular weight excluding hydrogens is 280 g/mol. The molecule has 1 atom stereocenters. The molecule has 1 aromatic rings. The van der Waals surface area contributed by atoms with Crippen LogP contribution in [0, 0.1) is 0 Å². The standard InChI is InChI=1S/C13H17BrN2O/c1-2-3-11(15)13(17)16-7-6-9-8-10(14)4-5-12(9)16/h4-5,8,11H,2-3,6-7,15H2,1H3. The number of hydrogen-bond donors (Lipinski definition) is 1. The van der Waals surface area contributed by atoms with Gasteiger partial charge in [0.15, 0.2) is 0 Å². The first-order chi connectivity index (χ1) is 8.13. The molecule has 2 rings (SSSR count). The van der Waals surface area contributed by atoms with E-state index < -0.39 is 0 Å². The molecule has 4 heteroatoms. The van der Waals surface area contributed by atoms with E-state index in [0.29, 0.717) is 0 Å². The molecule has 1 aromatic carbocycles. The minimum Gasteiger partial charge on any atom is -0.320 e.